The maximum absolute atomic E-state index is 15.1. The lowest BCUT2D eigenvalue weighted by Crippen LogP contribution is -2.43. The zero-order valence-corrected chi connectivity index (χ0v) is 24.1. The number of nitrogens with one attached hydrogen (secondary N) is 2. The minimum absolute atomic E-state index is 0.0348. The third-order valence-corrected chi connectivity index (χ3v) is 7.80. The maximum Gasteiger partial charge on any atom is 0.323 e. The van der Waals surface area contributed by atoms with Crippen molar-refractivity contribution in [1.82, 2.24) is 19.4 Å². The van der Waals surface area contributed by atoms with Crippen molar-refractivity contribution in [1.29, 1.82) is 0 Å². The van der Waals surface area contributed by atoms with Crippen LogP contribution < -0.4 is 20.9 Å². The normalized spacial score (nSPS) is 13.1. The summed E-state index contributed by atoms with van der Waals surface area (Å²) >= 11 is 7.58. The SMILES string of the molecule is O=C(Nc1ccc(Oc2ccnc(NC(=O)N3CCOCC3)c2Cl)c(F)c1)c1cc2ncsc2n(-c2ccc(F)cc2)c1=O. The quantitative estimate of drug-likeness (QED) is 0.245. The van der Waals surface area contributed by atoms with Crippen molar-refractivity contribution in [3.8, 4) is 17.2 Å². The smallest absolute Gasteiger partial charge is 0.323 e. The fraction of sp³-hybridized carbons (Fsp3) is 0.138. The van der Waals surface area contributed by atoms with Crippen LogP contribution >= 0.6 is 22.9 Å². The minimum Gasteiger partial charge on any atom is -0.453 e. The van der Waals surface area contributed by atoms with Gasteiger partial charge in [0.1, 0.15) is 21.2 Å². The summed E-state index contributed by atoms with van der Waals surface area (Å²) in [5, 5.41) is 5.10. The molecule has 1 fully saturated rings. The fourth-order valence-electron chi connectivity index (χ4n) is 4.43. The van der Waals surface area contributed by atoms with E-state index in [4.69, 9.17) is 21.1 Å². The predicted octanol–water partition coefficient (Wildman–Crippen LogP) is 5.68. The van der Waals surface area contributed by atoms with Crippen molar-refractivity contribution in [3.63, 3.8) is 0 Å². The Morgan fingerprint density at radius 2 is 1.75 bits per heavy atom. The van der Waals surface area contributed by atoms with E-state index >= 15 is 4.39 Å². The number of nitrogens with zero attached hydrogens (tertiary/aromatic N) is 4. The number of morpholine rings is 1. The molecule has 4 heterocycles. The Labute approximate surface area is 256 Å². The summed E-state index contributed by atoms with van der Waals surface area (Å²) in [5.74, 6) is -2.27. The third kappa shape index (κ3) is 5.95. The molecule has 0 spiro atoms. The molecule has 0 radical (unpaired) electrons. The van der Waals surface area contributed by atoms with Gasteiger partial charge in [0.05, 0.1) is 29.9 Å². The number of rotatable bonds is 6. The largest absolute Gasteiger partial charge is 0.453 e. The molecular formula is C29H21ClF2N6O5S. The molecule has 44 heavy (non-hydrogen) atoms. The number of halogens is 3. The van der Waals surface area contributed by atoms with E-state index in [2.05, 4.69) is 20.6 Å². The Morgan fingerprint density at radius 3 is 2.50 bits per heavy atom. The summed E-state index contributed by atoms with van der Waals surface area (Å²) in [6.07, 6.45) is 1.35. The van der Waals surface area contributed by atoms with Crippen LogP contribution in [0.2, 0.25) is 5.02 Å². The van der Waals surface area contributed by atoms with Crippen LogP contribution in [0.1, 0.15) is 10.4 Å². The van der Waals surface area contributed by atoms with Crippen LogP contribution in [-0.4, -0.2) is 57.7 Å². The average molecular weight is 639 g/mol. The second-order valence-corrected chi connectivity index (χ2v) is 10.6. The number of anilines is 2. The lowest BCUT2D eigenvalue weighted by Gasteiger charge is -2.26. The van der Waals surface area contributed by atoms with E-state index in [1.54, 1.807) is 4.90 Å². The number of amides is 3. The molecule has 2 aromatic carbocycles. The summed E-state index contributed by atoms with van der Waals surface area (Å²) < 4.78 is 40.8. The number of fused-ring (bicyclic) bond motifs is 1. The first-order valence-electron chi connectivity index (χ1n) is 13.1. The minimum atomic E-state index is -0.840. The number of pyridine rings is 2. The highest BCUT2D eigenvalue weighted by molar-refractivity contribution is 7.16. The Morgan fingerprint density at radius 1 is 0.977 bits per heavy atom. The van der Waals surface area contributed by atoms with Crippen LogP contribution in [0.3, 0.4) is 0 Å². The number of carbonyl (C=O) groups is 2. The standard InChI is InChI=1S/C29H21ClF2N6O5S/c30-24-23(7-8-33-25(24)36-29(41)37-9-11-42-12-10-37)43-22-6-3-17(13-20(22)32)35-26(39)19-14-21-28(44-15-34-21)38(27(19)40)18-4-1-16(31)2-5-18/h1-8,13-15H,9-12H2,(H,35,39)(H,33,36,41). The number of carbonyl (C=O) groups excluding carboxylic acids is 2. The van der Waals surface area contributed by atoms with E-state index in [0.29, 0.717) is 42.3 Å². The molecule has 1 aliphatic rings. The van der Waals surface area contributed by atoms with Gasteiger partial charge >= 0.3 is 6.03 Å². The lowest BCUT2D eigenvalue weighted by atomic mass is 10.2. The Balaban J connectivity index is 1.20. The lowest BCUT2D eigenvalue weighted by molar-refractivity contribution is 0.0564. The molecule has 1 aliphatic heterocycles. The highest BCUT2D eigenvalue weighted by Crippen LogP contribution is 2.35. The molecule has 0 unspecified atom stereocenters. The van der Waals surface area contributed by atoms with E-state index in [1.165, 1.54) is 76.1 Å². The van der Waals surface area contributed by atoms with E-state index in [9.17, 15) is 18.8 Å². The van der Waals surface area contributed by atoms with E-state index < -0.39 is 29.1 Å². The van der Waals surface area contributed by atoms with Gasteiger partial charge in [-0.3, -0.25) is 19.5 Å². The predicted molar refractivity (Wildman–Crippen MR) is 160 cm³/mol. The summed E-state index contributed by atoms with van der Waals surface area (Å²) in [6.45, 7) is 1.67. The van der Waals surface area contributed by atoms with Crippen LogP contribution in [0.5, 0.6) is 11.5 Å². The van der Waals surface area contributed by atoms with Crippen LogP contribution in [0.4, 0.5) is 25.1 Å². The summed E-state index contributed by atoms with van der Waals surface area (Å²) in [5.41, 5.74) is 1.40. The van der Waals surface area contributed by atoms with Crippen molar-refractivity contribution in [3.05, 3.63) is 98.9 Å². The van der Waals surface area contributed by atoms with Gasteiger partial charge in [0.15, 0.2) is 23.1 Å². The molecule has 224 valence electrons. The Bertz CT molecular complexity index is 1950. The van der Waals surface area contributed by atoms with Gasteiger partial charge in [-0.25, -0.2) is 23.5 Å². The number of ether oxygens (including phenoxy) is 2. The highest BCUT2D eigenvalue weighted by atomic mass is 35.5. The van der Waals surface area contributed by atoms with E-state index in [-0.39, 0.29) is 33.6 Å². The molecule has 6 rings (SSSR count). The molecule has 5 aromatic rings. The molecule has 15 heteroatoms. The van der Waals surface area contributed by atoms with Crippen molar-refractivity contribution < 1.29 is 27.8 Å². The van der Waals surface area contributed by atoms with Crippen molar-refractivity contribution in [2.45, 2.75) is 0 Å². The van der Waals surface area contributed by atoms with E-state index in [1.807, 2.05) is 0 Å². The van der Waals surface area contributed by atoms with Gasteiger partial charge in [0.2, 0.25) is 0 Å². The van der Waals surface area contributed by atoms with Crippen LogP contribution in [-0.2, 0) is 4.74 Å². The topological polar surface area (TPSA) is 128 Å². The highest BCUT2D eigenvalue weighted by Gasteiger charge is 2.21. The van der Waals surface area contributed by atoms with Crippen LogP contribution in [0, 0.1) is 11.6 Å². The van der Waals surface area contributed by atoms with Crippen LogP contribution in [0.25, 0.3) is 16.0 Å². The molecule has 2 N–H and O–H groups in total. The molecule has 3 amide bonds. The van der Waals surface area contributed by atoms with Gasteiger partial charge in [-0.15, -0.1) is 11.3 Å². The number of aromatic nitrogens is 3. The number of urea groups is 1. The van der Waals surface area contributed by atoms with Gasteiger partial charge in [-0.2, -0.15) is 0 Å². The fourth-order valence-corrected chi connectivity index (χ4v) is 5.42. The molecule has 0 aliphatic carbocycles. The van der Waals surface area contributed by atoms with Gasteiger partial charge in [-0.05, 0) is 42.5 Å². The molecule has 3 aromatic heterocycles. The molecule has 0 bridgehead atoms. The number of thiazole rings is 1. The second kappa shape index (κ2) is 12.4. The van der Waals surface area contributed by atoms with Crippen molar-refractivity contribution in [2.24, 2.45) is 0 Å². The van der Waals surface area contributed by atoms with Gasteiger partial charge in [-0.1, -0.05) is 11.6 Å². The Hall–Kier alpha value is -4.92. The van der Waals surface area contributed by atoms with Crippen LogP contribution in [0.15, 0.2) is 71.1 Å². The first-order valence-corrected chi connectivity index (χ1v) is 14.4. The van der Waals surface area contributed by atoms with Crippen molar-refractivity contribution >= 4 is 56.7 Å². The summed E-state index contributed by atoms with van der Waals surface area (Å²) in [4.78, 5) is 49.4. The number of hydrogen-bond acceptors (Lipinski definition) is 8. The summed E-state index contributed by atoms with van der Waals surface area (Å²) in [7, 11) is 0. The summed E-state index contributed by atoms with van der Waals surface area (Å²) in [6, 6.07) is 11.3. The van der Waals surface area contributed by atoms with E-state index in [0.717, 1.165) is 6.07 Å². The molecule has 0 saturated carbocycles. The molecular weight excluding hydrogens is 618 g/mol. The van der Waals surface area contributed by atoms with Crippen molar-refractivity contribution in [2.75, 3.05) is 36.9 Å². The zero-order chi connectivity index (χ0) is 30.8. The second-order valence-electron chi connectivity index (χ2n) is 9.42. The monoisotopic (exact) mass is 638 g/mol. The number of hydrogen-bond donors (Lipinski definition) is 2. The first-order chi connectivity index (χ1) is 21.3. The van der Waals surface area contributed by atoms with Gasteiger partial charge in [0.25, 0.3) is 11.5 Å². The number of benzene rings is 2. The van der Waals surface area contributed by atoms with Gasteiger partial charge < -0.3 is 19.7 Å². The van der Waals surface area contributed by atoms with Gasteiger partial charge in [0, 0.05) is 37.1 Å². The Kier molecular flexibility index (Phi) is 8.19. The molecule has 0 atom stereocenters. The average Bonchev–Trinajstić information content (AvgIpc) is 3.49. The third-order valence-electron chi connectivity index (χ3n) is 6.61. The maximum atomic E-state index is 15.1. The molecule has 1 saturated heterocycles. The molecule has 11 nitrogen and oxygen atoms in total. The zero-order valence-electron chi connectivity index (χ0n) is 22.6. The first kappa shape index (κ1) is 29.2.